The molecule has 0 fully saturated rings. The van der Waals surface area contributed by atoms with Crippen LogP contribution in [0.1, 0.15) is 263 Å². The van der Waals surface area contributed by atoms with Gasteiger partial charge in [0.1, 0.15) is 0 Å². The summed E-state index contributed by atoms with van der Waals surface area (Å²) in [5, 5.41) is 4.04. The van der Waals surface area contributed by atoms with Crippen LogP contribution in [0.3, 0.4) is 0 Å². The molecule has 4 N–H and O–H groups in total. The van der Waals surface area contributed by atoms with Crippen molar-refractivity contribution in [3.8, 4) is 0 Å². The van der Waals surface area contributed by atoms with Crippen molar-refractivity contribution in [3.63, 3.8) is 0 Å². The van der Waals surface area contributed by atoms with Crippen LogP contribution in [0.2, 0.25) is 0 Å². The number of hydrogen-bond donors (Lipinski definition) is 4. The molecule has 7 aliphatic heterocycles. The number of rotatable bonds is 30. The van der Waals surface area contributed by atoms with Crippen LogP contribution in [0.4, 0.5) is 0 Å². The number of hydrogen-bond acceptors (Lipinski definition) is 18. The third-order valence-corrected chi connectivity index (χ3v) is 60.5. The first-order valence-electron chi connectivity index (χ1n) is 36.4. The van der Waals surface area contributed by atoms with Gasteiger partial charge in [0.2, 0.25) is 0 Å². The highest BCUT2D eigenvalue weighted by Gasteiger charge is 2.73. The summed E-state index contributed by atoms with van der Waals surface area (Å²) in [5.74, 6) is 11.2. The van der Waals surface area contributed by atoms with Crippen LogP contribution >= 0.6 is 208 Å². The molecule has 0 aliphatic carbocycles. The van der Waals surface area contributed by atoms with Crippen LogP contribution in [0.15, 0.2) is 105 Å². The number of allylic oxidation sites excluding steroid dienone is 2. The topological polar surface area (TPSA) is 59.4 Å². The molecule has 0 radical (unpaired) electrons. The summed E-state index contributed by atoms with van der Waals surface area (Å²) < 4.78 is 18.6. The highest BCUT2D eigenvalue weighted by Crippen LogP contribution is 3.05. The maximum Gasteiger partial charge on any atom is 0.0717 e. The molecule has 10 heterocycles. The van der Waals surface area contributed by atoms with Gasteiger partial charge in [0.25, 0.3) is 0 Å². The van der Waals surface area contributed by atoms with E-state index in [1.807, 2.05) is 98.3 Å². The predicted octanol–water partition coefficient (Wildman–Crippen LogP) is 31.3. The molecular formula is C76H114N4S18. The second kappa shape index (κ2) is 33.2. The number of fused-ring (bicyclic) bond motifs is 15. The second-order valence-corrected chi connectivity index (χ2v) is 58.2. The third kappa shape index (κ3) is 14.2. The Labute approximate surface area is 666 Å². The minimum absolute atomic E-state index is 0.278. The van der Waals surface area contributed by atoms with E-state index in [0.29, 0.717) is 0 Å². The first-order chi connectivity index (χ1) is 46.7. The minimum atomic E-state index is -3.19. The Hall–Kier alpha value is 1.86. The summed E-state index contributed by atoms with van der Waals surface area (Å²) in [4.78, 5) is 21.5. The average Bonchev–Trinajstić information content (AvgIpc) is 1.22. The molecular weight excluding hydrogens is 1550 g/mol. The molecule has 3 aromatic rings. The molecule has 0 aromatic carbocycles. The monoisotopic (exact) mass is 1660 g/mol. The summed E-state index contributed by atoms with van der Waals surface area (Å²) in [7, 11) is -3.19. The van der Waals surface area contributed by atoms with Crippen molar-refractivity contribution in [3.05, 3.63) is 110 Å². The number of thioether (sulfide) groups is 17. The van der Waals surface area contributed by atoms with E-state index in [-0.39, 0.29) is 4.75 Å². The summed E-state index contributed by atoms with van der Waals surface area (Å²) in [5.41, 5.74) is 7.58. The second-order valence-electron chi connectivity index (χ2n) is 29.4. The Balaban J connectivity index is 1.18. The number of nitrogens with one attached hydrogen (secondary N) is 4. The smallest absolute Gasteiger partial charge is 0.0717 e. The summed E-state index contributed by atoms with van der Waals surface area (Å²) in [6.45, 7) is 59.4. The van der Waals surface area contributed by atoms with Crippen molar-refractivity contribution < 1.29 is 0 Å². The maximum atomic E-state index is 5.08. The van der Waals surface area contributed by atoms with E-state index in [4.69, 9.17) is 13.2 Å². The van der Waals surface area contributed by atoms with Crippen LogP contribution in [0.5, 0.6) is 0 Å². The molecule has 546 valence electrons. The van der Waals surface area contributed by atoms with E-state index in [2.05, 4.69) is 265 Å². The van der Waals surface area contributed by atoms with Gasteiger partial charge in [-0.15, -0.1) is 58.8 Å². The lowest BCUT2D eigenvalue weighted by molar-refractivity contribution is 0.451. The van der Waals surface area contributed by atoms with Crippen molar-refractivity contribution in [2.24, 2.45) is 0 Å². The lowest BCUT2D eigenvalue weighted by Crippen LogP contribution is -2.63. The van der Waals surface area contributed by atoms with Crippen molar-refractivity contribution in [2.75, 3.05) is 51.8 Å². The van der Waals surface area contributed by atoms with E-state index in [1.165, 1.54) is 219 Å². The number of H-pyrrole nitrogens is 3. The van der Waals surface area contributed by atoms with Gasteiger partial charge in [-0.2, -0.15) is 0 Å². The van der Waals surface area contributed by atoms with Gasteiger partial charge in [-0.1, -0.05) is 250 Å². The highest BCUT2D eigenvalue weighted by atomic mass is 32.4. The fourth-order valence-corrected chi connectivity index (χ4v) is 59.0. The van der Waals surface area contributed by atoms with E-state index >= 15 is 0 Å². The van der Waals surface area contributed by atoms with E-state index in [1.54, 1.807) is 4.24 Å². The van der Waals surface area contributed by atoms with Crippen LogP contribution < -0.4 is 5.32 Å². The van der Waals surface area contributed by atoms with Crippen molar-refractivity contribution in [2.45, 2.75) is 284 Å². The van der Waals surface area contributed by atoms with Gasteiger partial charge in [-0.3, -0.25) is 0 Å². The fourth-order valence-electron chi connectivity index (χ4n) is 16.6. The molecule has 22 heteroatoms. The minimum Gasteiger partial charge on any atom is -0.362 e. The van der Waals surface area contributed by atoms with E-state index < -0.39 is 30.0 Å². The Morgan fingerprint density at radius 1 is 0.316 bits per heavy atom. The zero-order valence-electron chi connectivity index (χ0n) is 62.5. The molecule has 0 amide bonds. The molecule has 6 bridgehead atoms. The summed E-state index contributed by atoms with van der Waals surface area (Å²) in [6, 6.07) is 0. The molecule has 98 heavy (non-hydrogen) atoms. The zero-order valence-corrected chi connectivity index (χ0v) is 77.2. The quantitative estimate of drug-likeness (QED) is 0.0512. The zero-order chi connectivity index (χ0) is 71.0. The van der Waals surface area contributed by atoms with Gasteiger partial charge < -0.3 is 20.3 Å². The van der Waals surface area contributed by atoms with Gasteiger partial charge >= 0.3 is 0 Å². The highest BCUT2D eigenvalue weighted by molar-refractivity contribution is 8.73. The Morgan fingerprint density at radius 3 is 0.816 bits per heavy atom. The Morgan fingerprint density at radius 2 is 0.561 bits per heavy atom. The van der Waals surface area contributed by atoms with Crippen molar-refractivity contribution in [1.82, 2.24) is 20.3 Å². The third-order valence-electron chi connectivity index (χ3n) is 21.2. The predicted molar refractivity (Wildman–Crippen MR) is 482 cm³/mol. The summed E-state index contributed by atoms with van der Waals surface area (Å²) in [6.07, 6.45) is 17.3. The molecule has 0 atom stereocenters. The first-order valence-corrected chi connectivity index (χ1v) is 54.3. The van der Waals surface area contributed by atoms with Crippen LogP contribution in [0.25, 0.3) is 0 Å². The standard InChI is InChI=1S/C76H114N4S18/c1-23-35-76(34-12,36-24-2)98(42-30-8,43-31-9,44-32-10,45-33-11)71-70(85-41-29-7)96-69(97-71)66-87-49-51(91-66)57-75(21,22)59-53-52(89-65(90-53)68-94-62(83-39-27-5)63(95-68)84-40-28-6)58(80-59)74(19,20)56-50-48(54(78-56)72(15,16)46(13)77-47(14)73(17,18)55(49)79-57)86-64(88-50)67-92-60(81-37-25-3)61(93-67)82-38-26-4/h77-80H,13-14,23-45H2,1-12,15-22H3/b69-66-. The SMILES string of the molecule is C=C1NC(=C)C(C)(C)c2[nH]c(c3c2S/C(=C2\SC(SCCC)=C(S(CCC)(CCC)(CCC)(CCC)C(CC)(CCC)CCC)S2)S3)C(C)(C)c2[nH]c(c3c2SC(=C2SC(SCCC)=C(SCCC)S2)S3)C(C)(C)c2[nH]c(c3c2SC(=C2SC(SCCC)=C(SCCC)S2)S3)C1(C)C. The molecule has 0 spiro atoms. The van der Waals surface area contributed by atoms with Crippen molar-refractivity contribution >= 4 is 208 Å². The van der Waals surface area contributed by atoms with Gasteiger partial charge in [-0.25, -0.2) is 8.29 Å². The number of aromatic nitrogens is 3. The fraction of sp³-hybridized carbons (Fsp3) is 0.632. The molecule has 0 saturated carbocycles. The molecule has 0 saturated heterocycles. The van der Waals surface area contributed by atoms with E-state index in [0.717, 1.165) is 40.2 Å². The molecule has 4 nitrogen and oxygen atoms in total. The Kier molecular flexibility index (Phi) is 27.9. The molecule has 10 rings (SSSR count). The average molecular weight is 1660 g/mol. The maximum absolute atomic E-state index is 5.08. The summed E-state index contributed by atoms with van der Waals surface area (Å²) >= 11 is 35.4. The van der Waals surface area contributed by atoms with Gasteiger partial charge in [0.05, 0.1) is 46.6 Å². The number of aromatic amines is 3. The van der Waals surface area contributed by atoms with Gasteiger partial charge in [0, 0.05) is 101 Å². The van der Waals surface area contributed by atoms with Crippen LogP contribution in [-0.4, -0.2) is 71.5 Å². The molecule has 7 aliphatic rings. The molecule has 3 aromatic heterocycles. The van der Waals surface area contributed by atoms with Crippen LogP contribution in [0, 0.1) is 0 Å². The largest absolute Gasteiger partial charge is 0.362 e. The first kappa shape index (κ1) is 82.4. The van der Waals surface area contributed by atoms with Gasteiger partial charge in [-0.05, 0) is 189 Å². The Bertz CT molecular complexity index is 3650. The molecule has 0 unspecified atom stereocenters. The van der Waals surface area contributed by atoms with Crippen LogP contribution in [-0.2, 0) is 21.7 Å². The lowest BCUT2D eigenvalue weighted by Gasteiger charge is -2.89. The normalized spacial score (nSPS) is 21.4. The van der Waals surface area contributed by atoms with Gasteiger partial charge in [0.15, 0.2) is 0 Å². The lowest BCUT2D eigenvalue weighted by atomic mass is 9.82. The van der Waals surface area contributed by atoms with E-state index in [9.17, 15) is 0 Å². The van der Waals surface area contributed by atoms with Crippen molar-refractivity contribution in [1.29, 1.82) is 0 Å².